The van der Waals surface area contributed by atoms with Gasteiger partial charge in [0.05, 0.1) is 11.0 Å². The molecule has 2 aromatic carbocycles. The summed E-state index contributed by atoms with van der Waals surface area (Å²) in [6.45, 7) is 2.06. The molecule has 302 valence electrons. The fourth-order valence-corrected chi connectivity index (χ4v) is 11.5. The molecule has 1 spiro atoms. The number of hydrogen-bond acceptors (Lipinski definition) is 7. The Balaban J connectivity index is 1.11. The minimum atomic E-state index is -4.04. The van der Waals surface area contributed by atoms with Gasteiger partial charge in [0.1, 0.15) is 18.1 Å². The molecule has 1 saturated carbocycles. The van der Waals surface area contributed by atoms with Crippen LogP contribution in [0, 0.1) is 0 Å². The molecule has 1 aliphatic carbocycles. The molecule has 0 bridgehead atoms. The van der Waals surface area contributed by atoms with Gasteiger partial charge in [-0.3, -0.25) is 23.7 Å². The van der Waals surface area contributed by atoms with Gasteiger partial charge in [0.2, 0.25) is 18.2 Å². The Kier molecular flexibility index (Phi) is 11.7. The third-order valence-corrected chi connectivity index (χ3v) is 14.9. The van der Waals surface area contributed by atoms with E-state index < -0.39 is 43.9 Å². The molecule has 4 heterocycles. The molecule has 4 aliphatic rings. The van der Waals surface area contributed by atoms with E-state index in [-0.39, 0.29) is 60.9 Å². The van der Waals surface area contributed by atoms with E-state index in [9.17, 15) is 37.4 Å². The summed E-state index contributed by atoms with van der Waals surface area (Å²) in [5, 5.41) is 15.0. The topological polar surface area (TPSA) is 160 Å². The first-order valence-corrected chi connectivity index (χ1v) is 22.1. The molecular weight excluding hydrogens is 764 g/mol. The SMILES string of the molecule is C[C@H](NP(=O)(O)Cc1ccc2sc(C(=O)N[C@H]3CC[C@H](N(C)CCC(F)F)C[C@H]4CC[C@@H](C(=O)N5C[C@H](c6ccccc6)CC56CC6)N4C3=O)cc2c1)C(=O)O. The van der Waals surface area contributed by atoms with Gasteiger partial charge < -0.3 is 30.0 Å². The average molecular weight is 814 g/mol. The van der Waals surface area contributed by atoms with E-state index in [2.05, 4.69) is 22.5 Å². The minimum absolute atomic E-state index is 0.0506. The zero-order valence-electron chi connectivity index (χ0n) is 31.6. The molecule has 3 saturated heterocycles. The van der Waals surface area contributed by atoms with E-state index in [1.165, 1.54) is 23.8 Å². The summed E-state index contributed by atoms with van der Waals surface area (Å²) in [4.78, 5) is 70.7. The second-order valence-corrected chi connectivity index (χ2v) is 19.2. The summed E-state index contributed by atoms with van der Waals surface area (Å²) < 4.78 is 40.0. The van der Waals surface area contributed by atoms with Crippen molar-refractivity contribution in [3.63, 3.8) is 0 Å². The average Bonchev–Trinajstić information content (AvgIpc) is 3.44. The van der Waals surface area contributed by atoms with Crippen molar-refractivity contribution >= 4 is 52.6 Å². The number of nitrogens with zero attached hydrogens (tertiary/aromatic N) is 3. The van der Waals surface area contributed by atoms with Crippen LogP contribution >= 0.6 is 18.9 Å². The Labute approximate surface area is 329 Å². The Morgan fingerprint density at radius 3 is 2.52 bits per heavy atom. The maximum Gasteiger partial charge on any atom is 0.320 e. The smallest absolute Gasteiger partial charge is 0.320 e. The van der Waals surface area contributed by atoms with Crippen molar-refractivity contribution in [3.8, 4) is 0 Å². The van der Waals surface area contributed by atoms with Crippen molar-refractivity contribution in [3.05, 3.63) is 70.6 Å². The molecule has 4 N–H and O–H groups in total. The van der Waals surface area contributed by atoms with E-state index in [1.807, 2.05) is 35.0 Å². The lowest BCUT2D eigenvalue weighted by Gasteiger charge is -2.41. The first-order chi connectivity index (χ1) is 26.6. The molecule has 56 heavy (non-hydrogen) atoms. The summed E-state index contributed by atoms with van der Waals surface area (Å²) in [5.41, 5.74) is 1.48. The summed E-state index contributed by atoms with van der Waals surface area (Å²) >= 11 is 1.21. The first kappa shape index (κ1) is 40.4. The third kappa shape index (κ3) is 8.72. The number of aliphatic carboxylic acids is 1. The van der Waals surface area contributed by atoms with Crippen molar-refractivity contribution in [2.75, 3.05) is 20.1 Å². The van der Waals surface area contributed by atoms with Crippen molar-refractivity contribution in [2.24, 2.45) is 0 Å². The molecule has 0 radical (unpaired) electrons. The number of rotatable bonds is 13. The zero-order valence-corrected chi connectivity index (χ0v) is 33.3. The monoisotopic (exact) mass is 813 g/mol. The van der Waals surface area contributed by atoms with Crippen molar-refractivity contribution in [2.45, 2.75) is 119 Å². The van der Waals surface area contributed by atoms with Crippen LogP contribution in [0.3, 0.4) is 0 Å². The number of carboxylic acids is 1. The number of carbonyl (C=O) groups excluding carboxylic acids is 3. The molecule has 7 rings (SSSR count). The number of likely N-dealkylation sites (tertiary alicyclic amines) is 1. The van der Waals surface area contributed by atoms with E-state index in [0.717, 1.165) is 24.0 Å². The molecule has 1 aromatic heterocycles. The Morgan fingerprint density at radius 1 is 1.07 bits per heavy atom. The molecule has 4 fully saturated rings. The fraction of sp³-hybridized carbons (Fsp3) is 0.550. The molecule has 3 amide bonds. The van der Waals surface area contributed by atoms with E-state index in [1.54, 1.807) is 29.2 Å². The predicted molar refractivity (Wildman–Crippen MR) is 209 cm³/mol. The van der Waals surface area contributed by atoms with Gasteiger partial charge in [0, 0.05) is 47.8 Å². The number of benzene rings is 2. The maximum atomic E-state index is 14.6. The number of halogens is 2. The number of hydrogen-bond donors (Lipinski definition) is 4. The largest absolute Gasteiger partial charge is 0.480 e. The number of nitrogens with one attached hydrogen (secondary N) is 2. The first-order valence-electron chi connectivity index (χ1n) is 19.5. The van der Waals surface area contributed by atoms with Gasteiger partial charge in [-0.25, -0.2) is 13.9 Å². The van der Waals surface area contributed by atoms with Crippen LogP contribution < -0.4 is 10.4 Å². The lowest BCUT2D eigenvalue weighted by atomic mass is 9.93. The third-order valence-electron chi connectivity index (χ3n) is 12.2. The molecular formula is C40H50F2N5O7PS. The van der Waals surface area contributed by atoms with Gasteiger partial charge in [-0.2, -0.15) is 0 Å². The highest BCUT2D eigenvalue weighted by Crippen LogP contribution is 2.54. The molecule has 3 aliphatic heterocycles. The lowest BCUT2D eigenvalue weighted by Crippen LogP contribution is -2.59. The lowest BCUT2D eigenvalue weighted by molar-refractivity contribution is -0.148. The summed E-state index contributed by atoms with van der Waals surface area (Å²) in [6, 6.07) is 13.7. The van der Waals surface area contributed by atoms with Crippen molar-refractivity contribution in [1.29, 1.82) is 0 Å². The highest BCUT2D eigenvalue weighted by molar-refractivity contribution is 7.55. The number of carboxylic acid groups (broad SMARTS) is 1. The van der Waals surface area contributed by atoms with E-state index in [0.29, 0.717) is 48.1 Å². The van der Waals surface area contributed by atoms with Crippen LogP contribution in [0.1, 0.15) is 91.4 Å². The second kappa shape index (κ2) is 16.2. The van der Waals surface area contributed by atoms with Crippen molar-refractivity contribution < 1.29 is 42.5 Å². The van der Waals surface area contributed by atoms with Gasteiger partial charge in [0.15, 0.2) is 0 Å². The van der Waals surface area contributed by atoms with Crippen LogP contribution in [-0.4, -0.2) is 111 Å². The second-order valence-electron chi connectivity index (χ2n) is 16.2. The predicted octanol–water partition coefficient (Wildman–Crippen LogP) is 5.80. The minimum Gasteiger partial charge on any atom is -0.480 e. The van der Waals surface area contributed by atoms with Gasteiger partial charge in [-0.15, -0.1) is 11.3 Å². The molecule has 12 nitrogen and oxygen atoms in total. The Hall–Kier alpha value is -3.75. The fourth-order valence-electron chi connectivity index (χ4n) is 9.10. The van der Waals surface area contributed by atoms with Gasteiger partial charge in [-0.1, -0.05) is 36.4 Å². The van der Waals surface area contributed by atoms with Gasteiger partial charge in [0.25, 0.3) is 13.4 Å². The highest BCUT2D eigenvalue weighted by Gasteiger charge is 2.58. The van der Waals surface area contributed by atoms with Crippen molar-refractivity contribution in [1.82, 2.24) is 25.1 Å². The van der Waals surface area contributed by atoms with Crippen LogP contribution in [0.4, 0.5) is 8.78 Å². The quantitative estimate of drug-likeness (QED) is 0.157. The van der Waals surface area contributed by atoms with Gasteiger partial charge >= 0.3 is 5.97 Å². The summed E-state index contributed by atoms with van der Waals surface area (Å²) in [7, 11) is -2.22. The standard InChI is InChI=1S/C40H50F2N5O7PS/c1-24(39(51)52)44-55(53,54)23-25-8-13-33-27(18-25)19-34(56-33)36(48)43-31-11-9-29(45(2)17-14-35(41)42)20-30-10-12-32(47(30)37(31)49)38(50)46-22-28(21-40(46)15-16-40)26-6-4-3-5-7-26/h3-8,13,18-19,24,28-32,35H,9-12,14-17,20-23H2,1-2H3,(H,43,48)(H,51,52)(H2,44,53,54)/t24-,28+,29-,30+,31-,32-/m0/s1. The number of fused-ring (bicyclic) bond motifs is 2. The molecule has 1 unspecified atom stereocenters. The molecule has 3 aromatic rings. The molecule has 7 atom stereocenters. The number of thiophene rings is 1. The zero-order chi connectivity index (χ0) is 39.9. The van der Waals surface area contributed by atoms with Crippen LogP contribution in [0.15, 0.2) is 54.6 Å². The van der Waals surface area contributed by atoms with Gasteiger partial charge in [-0.05, 0) is 100 Å². The maximum absolute atomic E-state index is 14.6. The van der Waals surface area contributed by atoms with Crippen LogP contribution in [0.2, 0.25) is 0 Å². The number of alkyl halides is 2. The summed E-state index contributed by atoms with van der Waals surface area (Å²) in [5.74, 6) is -1.87. The number of amides is 3. The highest BCUT2D eigenvalue weighted by atomic mass is 32.1. The summed E-state index contributed by atoms with van der Waals surface area (Å²) in [6.07, 6.45) is 2.14. The number of carbonyl (C=O) groups is 4. The Morgan fingerprint density at radius 2 is 1.82 bits per heavy atom. The van der Waals surface area contributed by atoms with E-state index >= 15 is 0 Å². The van der Waals surface area contributed by atoms with Crippen LogP contribution in [-0.2, 0) is 25.1 Å². The normalized spacial score (nSPS) is 26.3. The van der Waals surface area contributed by atoms with Crippen LogP contribution in [0.25, 0.3) is 10.1 Å². The van der Waals surface area contributed by atoms with Crippen LogP contribution in [0.5, 0.6) is 0 Å². The molecule has 16 heteroatoms. The Bertz CT molecular complexity index is 2010. The van der Waals surface area contributed by atoms with E-state index in [4.69, 9.17) is 5.11 Å².